The maximum absolute atomic E-state index is 11.0. The number of pyridine rings is 2. The van der Waals surface area contributed by atoms with E-state index in [1.54, 1.807) is 0 Å². The van der Waals surface area contributed by atoms with Gasteiger partial charge >= 0.3 is 0 Å². The minimum Gasteiger partial charge on any atom is -0.507 e. The summed E-state index contributed by atoms with van der Waals surface area (Å²) in [6.45, 7) is 4.02. The predicted octanol–water partition coefficient (Wildman–Crippen LogP) is 9.18. The van der Waals surface area contributed by atoms with Crippen LogP contribution in [0.2, 0.25) is 0 Å². The molecule has 0 saturated carbocycles. The van der Waals surface area contributed by atoms with Crippen LogP contribution in [-0.2, 0) is 21.1 Å². The van der Waals surface area contributed by atoms with E-state index in [4.69, 9.17) is 9.97 Å². The number of phenols is 1. The zero-order chi connectivity index (χ0) is 28.6. The van der Waals surface area contributed by atoms with E-state index in [1.165, 1.54) is 5.56 Å². The first-order chi connectivity index (χ1) is 20.6. The third-order valence-corrected chi connectivity index (χ3v) is 7.70. The van der Waals surface area contributed by atoms with Gasteiger partial charge in [0, 0.05) is 49.9 Å². The molecule has 0 aliphatic rings. The second-order valence-corrected chi connectivity index (χ2v) is 10.5. The molecule has 5 heteroatoms. The van der Waals surface area contributed by atoms with Crippen LogP contribution in [0.3, 0.4) is 0 Å². The molecule has 4 aromatic carbocycles. The summed E-state index contributed by atoms with van der Waals surface area (Å²) >= 11 is 0. The van der Waals surface area contributed by atoms with Crippen LogP contribution >= 0.6 is 0 Å². The molecule has 1 N–H and O–H groups in total. The van der Waals surface area contributed by atoms with Gasteiger partial charge in [0.25, 0.3) is 0 Å². The first-order valence-electron chi connectivity index (χ1n) is 14.0. The van der Waals surface area contributed by atoms with E-state index in [0.717, 1.165) is 56.1 Å². The Morgan fingerprint density at radius 1 is 0.605 bits per heavy atom. The van der Waals surface area contributed by atoms with Gasteiger partial charge in [-0.3, -0.25) is 9.97 Å². The number of imidazole rings is 1. The van der Waals surface area contributed by atoms with Gasteiger partial charge in [-0.1, -0.05) is 90.0 Å². The Morgan fingerprint density at radius 3 is 2.12 bits per heavy atom. The van der Waals surface area contributed by atoms with E-state index >= 15 is 0 Å². The smallest absolute Gasteiger partial charge is 0.129 e. The SMILES string of the molecule is Cc1ccccc1-c1cc(-c2[c-]c(-c3nc4ccccn4c3-c3ccccc3)ccc2)nc(-c2cccc(C)c2O)c1.[Pt]. The number of aryl methyl sites for hydroxylation is 2. The largest absolute Gasteiger partial charge is 0.507 e. The minimum absolute atomic E-state index is 0. The number of hydrogen-bond donors (Lipinski definition) is 1. The van der Waals surface area contributed by atoms with Gasteiger partial charge < -0.3 is 9.51 Å². The first kappa shape index (κ1) is 28.3. The van der Waals surface area contributed by atoms with Gasteiger partial charge in [0.1, 0.15) is 11.4 Å². The van der Waals surface area contributed by atoms with E-state index in [-0.39, 0.29) is 26.8 Å². The van der Waals surface area contributed by atoms with Crippen molar-refractivity contribution in [2.75, 3.05) is 0 Å². The van der Waals surface area contributed by atoms with Crippen LogP contribution in [0.15, 0.2) is 128 Å². The fourth-order valence-corrected chi connectivity index (χ4v) is 5.54. The van der Waals surface area contributed by atoms with Crippen molar-refractivity contribution in [2.24, 2.45) is 0 Å². The predicted molar refractivity (Wildman–Crippen MR) is 170 cm³/mol. The van der Waals surface area contributed by atoms with Crippen molar-refractivity contribution in [3.05, 3.63) is 145 Å². The Hall–Kier alpha value is -4.79. The van der Waals surface area contributed by atoms with Crippen LogP contribution in [0.4, 0.5) is 0 Å². The normalized spacial score (nSPS) is 10.9. The van der Waals surface area contributed by atoms with E-state index in [9.17, 15) is 5.11 Å². The second kappa shape index (κ2) is 11.8. The third-order valence-electron chi connectivity index (χ3n) is 7.70. The molecule has 0 atom stereocenters. The molecule has 0 bridgehead atoms. The van der Waals surface area contributed by atoms with Crippen LogP contribution < -0.4 is 0 Å². The molecule has 0 aliphatic heterocycles. The average Bonchev–Trinajstić information content (AvgIpc) is 3.43. The van der Waals surface area contributed by atoms with Gasteiger partial charge in [0.05, 0.1) is 5.69 Å². The molecule has 0 radical (unpaired) electrons. The summed E-state index contributed by atoms with van der Waals surface area (Å²) in [5.41, 5.74) is 11.9. The summed E-state index contributed by atoms with van der Waals surface area (Å²) in [6.07, 6.45) is 2.05. The number of nitrogens with zero attached hydrogens (tertiary/aromatic N) is 3. The quantitative estimate of drug-likeness (QED) is 0.179. The maximum Gasteiger partial charge on any atom is 0.129 e. The molecular weight excluding hydrogens is 710 g/mol. The number of fused-ring (bicyclic) bond motifs is 1. The van der Waals surface area contributed by atoms with E-state index in [0.29, 0.717) is 11.3 Å². The van der Waals surface area contributed by atoms with Crippen molar-refractivity contribution in [3.8, 4) is 61.9 Å². The summed E-state index contributed by atoms with van der Waals surface area (Å²) in [4.78, 5) is 10.1. The van der Waals surface area contributed by atoms with Crippen LogP contribution in [0.5, 0.6) is 5.75 Å². The number of aromatic hydroxyl groups is 1. The Kier molecular flexibility index (Phi) is 7.80. The summed E-state index contributed by atoms with van der Waals surface area (Å²) in [5, 5.41) is 11.0. The summed E-state index contributed by atoms with van der Waals surface area (Å²) in [5.74, 6) is 0.243. The van der Waals surface area contributed by atoms with Gasteiger partial charge in [0.15, 0.2) is 0 Å². The van der Waals surface area contributed by atoms with Crippen LogP contribution in [0, 0.1) is 19.9 Å². The molecular formula is C38H28N3OPt-. The van der Waals surface area contributed by atoms with Crippen LogP contribution in [-0.4, -0.2) is 19.5 Å². The number of benzene rings is 4. The van der Waals surface area contributed by atoms with Crippen molar-refractivity contribution in [2.45, 2.75) is 13.8 Å². The summed E-state index contributed by atoms with van der Waals surface area (Å²) in [7, 11) is 0. The molecule has 0 saturated heterocycles. The number of phenolic OH excluding ortho intramolecular Hbond substituents is 1. The van der Waals surface area contributed by atoms with E-state index in [1.807, 2.05) is 92.0 Å². The molecule has 43 heavy (non-hydrogen) atoms. The molecule has 7 rings (SSSR count). The molecule has 7 aromatic rings. The summed E-state index contributed by atoms with van der Waals surface area (Å²) < 4.78 is 2.13. The number of rotatable bonds is 5. The summed E-state index contributed by atoms with van der Waals surface area (Å²) in [6, 6.07) is 44.4. The Bertz CT molecular complexity index is 2080. The maximum atomic E-state index is 11.0. The molecule has 0 spiro atoms. The van der Waals surface area contributed by atoms with Crippen molar-refractivity contribution in [3.63, 3.8) is 0 Å². The van der Waals surface area contributed by atoms with Gasteiger partial charge in [0.2, 0.25) is 0 Å². The monoisotopic (exact) mass is 737 g/mol. The topological polar surface area (TPSA) is 50.4 Å². The fraction of sp³-hybridized carbons (Fsp3) is 0.0526. The van der Waals surface area contributed by atoms with Gasteiger partial charge in [-0.25, -0.2) is 0 Å². The van der Waals surface area contributed by atoms with Crippen LogP contribution in [0.1, 0.15) is 11.1 Å². The Balaban J connectivity index is 0.00000329. The zero-order valence-electron chi connectivity index (χ0n) is 23.7. The van der Waals surface area contributed by atoms with Crippen molar-refractivity contribution >= 4 is 5.65 Å². The molecule has 3 aromatic heterocycles. The molecule has 0 aliphatic carbocycles. The van der Waals surface area contributed by atoms with Crippen LogP contribution in [0.25, 0.3) is 61.8 Å². The molecule has 0 unspecified atom stereocenters. The zero-order valence-corrected chi connectivity index (χ0v) is 26.0. The molecule has 4 nitrogen and oxygen atoms in total. The molecule has 0 fully saturated rings. The van der Waals surface area contributed by atoms with Crippen molar-refractivity contribution < 1.29 is 26.2 Å². The molecule has 212 valence electrons. The molecule has 3 heterocycles. The number of hydrogen-bond acceptors (Lipinski definition) is 3. The Morgan fingerprint density at radius 2 is 1.28 bits per heavy atom. The Labute approximate surface area is 265 Å². The number of aromatic nitrogens is 3. The van der Waals surface area contributed by atoms with Gasteiger partial charge in [-0.2, -0.15) is 0 Å². The first-order valence-corrected chi connectivity index (χ1v) is 14.0. The van der Waals surface area contributed by atoms with Gasteiger partial charge in [-0.05, 0) is 65.9 Å². The standard InChI is InChI=1S/C38H28N3O.Pt/c1-25-12-6-7-18-31(25)30-23-33(39-34(24-30)32-19-10-13-26(2)38(32)42)28-16-11-17-29(22-28)36-37(27-14-4-3-5-15-27)41-21-9-8-20-35(41)40-36;/h3-21,23-24,42H,1-2H3;/q-1;. The van der Waals surface area contributed by atoms with E-state index < -0.39 is 0 Å². The third kappa shape index (κ3) is 5.31. The van der Waals surface area contributed by atoms with Crippen molar-refractivity contribution in [1.82, 2.24) is 14.4 Å². The minimum atomic E-state index is 0. The average molecular weight is 738 g/mol. The molecule has 0 amide bonds. The van der Waals surface area contributed by atoms with Crippen molar-refractivity contribution in [1.29, 1.82) is 0 Å². The second-order valence-electron chi connectivity index (χ2n) is 10.5. The fourth-order valence-electron chi connectivity index (χ4n) is 5.54. The number of para-hydroxylation sites is 1. The van der Waals surface area contributed by atoms with Gasteiger partial charge in [-0.15, -0.1) is 24.3 Å². The van der Waals surface area contributed by atoms with E-state index in [2.05, 4.69) is 59.9 Å².